The van der Waals surface area contributed by atoms with Crippen molar-refractivity contribution in [3.05, 3.63) is 109 Å². The maximum absolute atomic E-state index is 6.11. The maximum atomic E-state index is 6.11. The van der Waals surface area contributed by atoms with Gasteiger partial charge < -0.3 is 18.9 Å². The monoisotopic (exact) mass is 714 g/mol. The number of benzene rings is 4. The molecule has 7 rings (SSSR count). The molecule has 2 aromatic heterocycles. The molecule has 280 valence electrons. The Hall–Kier alpha value is -5.10. The Morgan fingerprint density at radius 2 is 1.00 bits per heavy atom. The van der Waals surface area contributed by atoms with Gasteiger partial charge in [0.2, 0.25) is 0 Å². The summed E-state index contributed by atoms with van der Waals surface area (Å²) in [5.74, 6) is 3.22. The van der Waals surface area contributed by atoms with Crippen molar-refractivity contribution in [2.75, 3.05) is 26.4 Å². The normalized spacial score (nSPS) is 12.0. The van der Waals surface area contributed by atoms with Crippen LogP contribution in [0.5, 0.6) is 23.0 Å². The van der Waals surface area contributed by atoms with Crippen LogP contribution in [0, 0.1) is 10.8 Å². The van der Waals surface area contributed by atoms with Crippen molar-refractivity contribution >= 4 is 21.5 Å². The molecule has 6 aromatic rings. The maximum Gasteiger partial charge on any atom is 0.162 e. The number of hydrogen-bond donors (Lipinski definition) is 0. The Bertz CT molecular complexity index is 2000. The van der Waals surface area contributed by atoms with Crippen LogP contribution in [-0.2, 0) is 0 Å². The van der Waals surface area contributed by atoms with Crippen LogP contribution in [0.4, 0.5) is 0 Å². The van der Waals surface area contributed by atoms with E-state index in [1.807, 2.05) is 86.9 Å². The average molecular weight is 715 g/mol. The third-order valence-electron chi connectivity index (χ3n) is 7.66. The van der Waals surface area contributed by atoms with Crippen molar-refractivity contribution in [3.8, 4) is 45.5 Å². The molecule has 53 heavy (non-hydrogen) atoms. The van der Waals surface area contributed by atoms with Gasteiger partial charge in [0.05, 0.1) is 24.6 Å². The van der Waals surface area contributed by atoms with E-state index in [2.05, 4.69) is 102 Å². The van der Waals surface area contributed by atoms with Gasteiger partial charge in [-0.2, -0.15) is 0 Å². The SMILES string of the molecule is CC.CC(C)(C)COc1cc(OCC(C)(C)C)cc(-c2nccc3ccccc23)c1.CCC.c1ccc2c(-c3ccc4c(c3)OCCO4)nccc2c1. The Morgan fingerprint density at radius 1 is 0.547 bits per heavy atom. The summed E-state index contributed by atoms with van der Waals surface area (Å²) in [5.41, 5.74) is 4.14. The molecule has 0 unspecified atom stereocenters. The first-order valence-corrected chi connectivity index (χ1v) is 18.9. The molecule has 0 atom stereocenters. The zero-order valence-electron chi connectivity index (χ0n) is 33.5. The molecule has 1 aliphatic rings. The fourth-order valence-corrected chi connectivity index (χ4v) is 5.36. The van der Waals surface area contributed by atoms with Crippen LogP contribution >= 0.6 is 0 Å². The molecule has 0 amide bonds. The minimum atomic E-state index is 0.0835. The topological polar surface area (TPSA) is 62.7 Å². The zero-order valence-corrected chi connectivity index (χ0v) is 33.5. The van der Waals surface area contributed by atoms with Crippen molar-refractivity contribution in [1.29, 1.82) is 0 Å². The van der Waals surface area contributed by atoms with Crippen LogP contribution in [0.3, 0.4) is 0 Å². The lowest BCUT2D eigenvalue weighted by atomic mass is 9.98. The highest BCUT2D eigenvalue weighted by Gasteiger charge is 2.17. The Morgan fingerprint density at radius 3 is 1.49 bits per heavy atom. The molecule has 0 fully saturated rings. The van der Waals surface area contributed by atoms with Gasteiger partial charge in [0, 0.05) is 40.4 Å². The largest absolute Gasteiger partial charge is 0.493 e. The van der Waals surface area contributed by atoms with Crippen LogP contribution in [0.2, 0.25) is 0 Å². The Kier molecular flexibility index (Phi) is 14.7. The molecule has 3 heterocycles. The van der Waals surface area contributed by atoms with E-state index in [9.17, 15) is 0 Å². The second-order valence-electron chi connectivity index (χ2n) is 15.2. The van der Waals surface area contributed by atoms with E-state index in [-0.39, 0.29) is 10.8 Å². The van der Waals surface area contributed by atoms with Crippen molar-refractivity contribution in [1.82, 2.24) is 9.97 Å². The number of rotatable bonds is 6. The standard InChI is InChI=1S/C25H31NO2.C17H13NO2.C3H8.C2H6/c1-24(2,3)16-27-20-13-19(14-21(15-20)28-17-25(4,5)6)23-22-10-8-7-9-18(22)11-12-26-23;1-2-4-14-12(3-1)7-8-18-17(14)13-5-6-15-16(11-13)20-10-9-19-15;1-3-2;1-2/h7-15H,16-17H2,1-6H3;1-8,11H,9-10H2;3H2,1-2H3;1-2H3. The summed E-state index contributed by atoms with van der Waals surface area (Å²) in [6, 6.07) is 32.7. The van der Waals surface area contributed by atoms with Crippen molar-refractivity contribution in [2.45, 2.75) is 75.7 Å². The predicted octanol–water partition coefficient (Wildman–Crippen LogP) is 12.9. The molecule has 0 aliphatic carbocycles. The first-order chi connectivity index (χ1) is 25.4. The zero-order chi connectivity index (χ0) is 38.4. The van der Waals surface area contributed by atoms with Crippen molar-refractivity contribution < 1.29 is 18.9 Å². The fourth-order valence-electron chi connectivity index (χ4n) is 5.36. The smallest absolute Gasteiger partial charge is 0.162 e. The highest BCUT2D eigenvalue weighted by Crippen LogP contribution is 2.36. The van der Waals surface area contributed by atoms with Crippen LogP contribution in [0.25, 0.3) is 44.1 Å². The van der Waals surface area contributed by atoms with Crippen LogP contribution in [-0.4, -0.2) is 36.4 Å². The summed E-state index contributed by atoms with van der Waals surface area (Å²) in [4.78, 5) is 9.20. The van der Waals surface area contributed by atoms with E-state index in [1.165, 1.54) is 17.2 Å². The fraction of sp³-hybridized carbons (Fsp3) is 0.362. The lowest BCUT2D eigenvalue weighted by molar-refractivity contribution is 0.171. The van der Waals surface area contributed by atoms with Crippen LogP contribution < -0.4 is 18.9 Å². The summed E-state index contributed by atoms with van der Waals surface area (Å²) < 4.78 is 23.4. The number of aromatic nitrogens is 2. The van der Waals surface area contributed by atoms with Gasteiger partial charge in [-0.15, -0.1) is 0 Å². The molecule has 0 bridgehead atoms. The molecule has 0 spiro atoms. The molecule has 1 aliphatic heterocycles. The van der Waals surface area contributed by atoms with Gasteiger partial charge in [-0.05, 0) is 64.1 Å². The van der Waals surface area contributed by atoms with Gasteiger partial charge >= 0.3 is 0 Å². The van der Waals surface area contributed by atoms with E-state index < -0.39 is 0 Å². The molecular formula is C47H58N2O4. The third-order valence-corrected chi connectivity index (χ3v) is 7.66. The molecule has 0 N–H and O–H groups in total. The number of nitrogens with zero attached hydrogens (tertiary/aromatic N) is 2. The Balaban J connectivity index is 0.000000219. The van der Waals surface area contributed by atoms with E-state index in [4.69, 9.17) is 18.9 Å². The van der Waals surface area contributed by atoms with Crippen molar-refractivity contribution in [3.63, 3.8) is 0 Å². The summed E-state index contributed by atoms with van der Waals surface area (Å²) in [6.07, 6.45) is 4.95. The first-order valence-electron chi connectivity index (χ1n) is 18.9. The predicted molar refractivity (Wildman–Crippen MR) is 223 cm³/mol. The van der Waals surface area contributed by atoms with Crippen molar-refractivity contribution in [2.24, 2.45) is 10.8 Å². The van der Waals surface area contributed by atoms with E-state index in [0.29, 0.717) is 26.4 Å². The second-order valence-corrected chi connectivity index (χ2v) is 15.2. The number of ether oxygens (including phenoxy) is 4. The third kappa shape index (κ3) is 12.0. The minimum Gasteiger partial charge on any atom is -0.493 e. The van der Waals surface area contributed by atoms with Gasteiger partial charge in [-0.3, -0.25) is 9.97 Å². The number of fused-ring (bicyclic) bond motifs is 3. The van der Waals surface area contributed by atoms with Gasteiger partial charge in [0.15, 0.2) is 11.5 Å². The summed E-state index contributed by atoms with van der Waals surface area (Å²) >= 11 is 0. The summed E-state index contributed by atoms with van der Waals surface area (Å²) in [5, 5.41) is 4.63. The lowest BCUT2D eigenvalue weighted by Gasteiger charge is -2.22. The Labute approximate surface area is 317 Å². The van der Waals surface area contributed by atoms with Gasteiger partial charge in [0.1, 0.15) is 24.7 Å². The quantitative estimate of drug-likeness (QED) is 0.171. The number of hydrogen-bond acceptors (Lipinski definition) is 6. The average Bonchev–Trinajstić information content (AvgIpc) is 3.16. The molecule has 4 aromatic carbocycles. The lowest BCUT2D eigenvalue weighted by Crippen LogP contribution is -2.18. The summed E-state index contributed by atoms with van der Waals surface area (Å²) in [6.45, 7) is 23.7. The van der Waals surface area contributed by atoms with E-state index in [1.54, 1.807) is 0 Å². The van der Waals surface area contributed by atoms with Gasteiger partial charge in [0.25, 0.3) is 0 Å². The highest BCUT2D eigenvalue weighted by atomic mass is 16.6. The summed E-state index contributed by atoms with van der Waals surface area (Å²) in [7, 11) is 0. The molecule has 6 heteroatoms. The molecular weight excluding hydrogens is 657 g/mol. The van der Waals surface area contributed by atoms with E-state index in [0.717, 1.165) is 56.3 Å². The highest BCUT2D eigenvalue weighted by molar-refractivity contribution is 5.95. The number of pyridine rings is 2. The van der Waals surface area contributed by atoms with E-state index >= 15 is 0 Å². The van der Waals surface area contributed by atoms with Gasteiger partial charge in [-0.25, -0.2) is 0 Å². The van der Waals surface area contributed by atoms with Crippen LogP contribution in [0.15, 0.2) is 109 Å². The van der Waals surface area contributed by atoms with Gasteiger partial charge in [-0.1, -0.05) is 124 Å². The molecule has 0 saturated carbocycles. The molecule has 0 saturated heterocycles. The minimum absolute atomic E-state index is 0.0835. The van der Waals surface area contributed by atoms with Crippen LogP contribution in [0.1, 0.15) is 75.7 Å². The molecule has 0 radical (unpaired) electrons. The molecule has 6 nitrogen and oxygen atoms in total. The first kappa shape index (κ1) is 40.7. The second kappa shape index (κ2) is 19.1.